The van der Waals surface area contributed by atoms with Gasteiger partial charge in [0.25, 0.3) is 0 Å². The molecule has 1 aliphatic carbocycles. The molecule has 0 heterocycles. The minimum absolute atomic E-state index is 0.0421. The molecule has 22 heavy (non-hydrogen) atoms. The Morgan fingerprint density at radius 3 is 2.64 bits per heavy atom. The van der Waals surface area contributed by atoms with Gasteiger partial charge in [-0.1, -0.05) is 30.3 Å². The molecule has 0 unspecified atom stereocenters. The zero-order valence-electron chi connectivity index (χ0n) is 13.3. The number of amides is 1. The first-order valence-corrected chi connectivity index (χ1v) is 8.10. The van der Waals surface area contributed by atoms with E-state index in [9.17, 15) is 4.79 Å². The SMILES string of the molecule is CCNC(=NCC(=O)NCCc1ccccc1)NCC1CC1. The van der Waals surface area contributed by atoms with E-state index in [0.717, 1.165) is 31.4 Å². The average molecular weight is 302 g/mol. The van der Waals surface area contributed by atoms with Crippen molar-refractivity contribution >= 4 is 11.9 Å². The fourth-order valence-electron chi connectivity index (χ4n) is 2.10. The van der Waals surface area contributed by atoms with Crippen LogP contribution in [0.1, 0.15) is 25.3 Å². The molecule has 120 valence electrons. The minimum Gasteiger partial charge on any atom is -0.357 e. The van der Waals surface area contributed by atoms with Crippen molar-refractivity contribution < 1.29 is 4.79 Å². The van der Waals surface area contributed by atoms with E-state index in [1.165, 1.54) is 18.4 Å². The molecule has 0 aromatic heterocycles. The number of rotatable bonds is 8. The molecular formula is C17H26N4O. The van der Waals surface area contributed by atoms with E-state index >= 15 is 0 Å². The molecule has 5 nitrogen and oxygen atoms in total. The van der Waals surface area contributed by atoms with Crippen molar-refractivity contribution in [1.82, 2.24) is 16.0 Å². The predicted molar refractivity (Wildman–Crippen MR) is 89.9 cm³/mol. The second-order valence-electron chi connectivity index (χ2n) is 5.60. The molecule has 3 N–H and O–H groups in total. The quantitative estimate of drug-likeness (QED) is 0.501. The predicted octanol–water partition coefficient (Wildman–Crippen LogP) is 1.31. The van der Waals surface area contributed by atoms with Crippen LogP contribution in [0.2, 0.25) is 0 Å². The van der Waals surface area contributed by atoms with Gasteiger partial charge in [-0.3, -0.25) is 4.79 Å². The lowest BCUT2D eigenvalue weighted by molar-refractivity contribution is -0.119. The first-order valence-electron chi connectivity index (χ1n) is 8.10. The molecular weight excluding hydrogens is 276 g/mol. The van der Waals surface area contributed by atoms with Gasteiger partial charge in [-0.2, -0.15) is 0 Å². The Balaban J connectivity index is 1.66. The topological polar surface area (TPSA) is 65.5 Å². The summed E-state index contributed by atoms with van der Waals surface area (Å²) < 4.78 is 0. The van der Waals surface area contributed by atoms with Crippen molar-refractivity contribution in [2.24, 2.45) is 10.9 Å². The molecule has 0 radical (unpaired) electrons. The Labute approximate surface area is 132 Å². The van der Waals surface area contributed by atoms with E-state index < -0.39 is 0 Å². The van der Waals surface area contributed by atoms with Gasteiger partial charge in [-0.05, 0) is 37.7 Å². The zero-order valence-corrected chi connectivity index (χ0v) is 13.3. The molecule has 1 amide bonds. The van der Waals surface area contributed by atoms with Crippen LogP contribution >= 0.6 is 0 Å². The van der Waals surface area contributed by atoms with Crippen LogP contribution in [0.3, 0.4) is 0 Å². The number of carbonyl (C=O) groups is 1. The molecule has 0 spiro atoms. The summed E-state index contributed by atoms with van der Waals surface area (Å²) in [6.45, 7) is 4.57. The maximum atomic E-state index is 11.8. The third kappa shape index (κ3) is 6.61. The van der Waals surface area contributed by atoms with E-state index in [1.54, 1.807) is 0 Å². The first kappa shape index (κ1) is 16.3. The van der Waals surface area contributed by atoms with Crippen LogP contribution < -0.4 is 16.0 Å². The lowest BCUT2D eigenvalue weighted by Crippen LogP contribution is -2.39. The van der Waals surface area contributed by atoms with Gasteiger partial charge in [0.15, 0.2) is 5.96 Å². The number of guanidine groups is 1. The molecule has 0 saturated heterocycles. The fraction of sp³-hybridized carbons (Fsp3) is 0.529. The average Bonchev–Trinajstić information content (AvgIpc) is 3.35. The molecule has 1 saturated carbocycles. The van der Waals surface area contributed by atoms with Gasteiger partial charge in [-0.15, -0.1) is 0 Å². The van der Waals surface area contributed by atoms with E-state index in [4.69, 9.17) is 0 Å². The lowest BCUT2D eigenvalue weighted by Gasteiger charge is -2.10. The van der Waals surface area contributed by atoms with Crippen LogP contribution in [0.4, 0.5) is 0 Å². The van der Waals surface area contributed by atoms with Crippen LogP contribution in [0.15, 0.2) is 35.3 Å². The van der Waals surface area contributed by atoms with Gasteiger partial charge >= 0.3 is 0 Å². The molecule has 1 aromatic carbocycles. The lowest BCUT2D eigenvalue weighted by atomic mass is 10.1. The fourth-order valence-corrected chi connectivity index (χ4v) is 2.10. The van der Waals surface area contributed by atoms with Gasteiger partial charge in [0, 0.05) is 19.6 Å². The summed E-state index contributed by atoms with van der Waals surface area (Å²) in [5, 5.41) is 9.34. The van der Waals surface area contributed by atoms with Gasteiger partial charge in [0.05, 0.1) is 0 Å². The third-order valence-electron chi connectivity index (χ3n) is 3.56. The summed E-state index contributed by atoms with van der Waals surface area (Å²) in [6, 6.07) is 10.1. The molecule has 1 fully saturated rings. The summed E-state index contributed by atoms with van der Waals surface area (Å²) in [5.74, 6) is 1.47. The normalized spacial score (nSPS) is 14.5. The highest BCUT2D eigenvalue weighted by atomic mass is 16.1. The van der Waals surface area contributed by atoms with Gasteiger partial charge < -0.3 is 16.0 Å². The van der Waals surface area contributed by atoms with Gasteiger partial charge in [0.1, 0.15) is 6.54 Å². The number of hydrogen-bond donors (Lipinski definition) is 3. The largest absolute Gasteiger partial charge is 0.357 e. The molecule has 0 atom stereocenters. The number of benzene rings is 1. The van der Waals surface area contributed by atoms with Crippen molar-refractivity contribution in [2.45, 2.75) is 26.2 Å². The van der Waals surface area contributed by atoms with E-state index in [0.29, 0.717) is 6.54 Å². The summed E-state index contributed by atoms with van der Waals surface area (Å²) in [7, 11) is 0. The summed E-state index contributed by atoms with van der Waals surface area (Å²) in [6.07, 6.45) is 3.44. The number of nitrogens with one attached hydrogen (secondary N) is 3. The highest BCUT2D eigenvalue weighted by Gasteiger charge is 2.21. The molecule has 5 heteroatoms. The Hall–Kier alpha value is -2.04. The van der Waals surface area contributed by atoms with Crippen molar-refractivity contribution in [3.05, 3.63) is 35.9 Å². The van der Waals surface area contributed by atoms with Crippen molar-refractivity contribution in [3.63, 3.8) is 0 Å². The van der Waals surface area contributed by atoms with Crippen LogP contribution in [0.5, 0.6) is 0 Å². The molecule has 1 aromatic rings. The smallest absolute Gasteiger partial charge is 0.241 e. The van der Waals surface area contributed by atoms with E-state index in [2.05, 4.69) is 33.1 Å². The summed E-state index contributed by atoms with van der Waals surface area (Å²) in [5.41, 5.74) is 1.23. The Morgan fingerprint density at radius 1 is 1.18 bits per heavy atom. The molecule has 0 aliphatic heterocycles. The summed E-state index contributed by atoms with van der Waals surface area (Å²) in [4.78, 5) is 16.1. The number of hydrogen-bond acceptors (Lipinski definition) is 2. The van der Waals surface area contributed by atoms with Crippen molar-refractivity contribution in [3.8, 4) is 0 Å². The summed E-state index contributed by atoms with van der Waals surface area (Å²) >= 11 is 0. The van der Waals surface area contributed by atoms with Crippen LogP contribution in [-0.2, 0) is 11.2 Å². The van der Waals surface area contributed by atoms with E-state index in [-0.39, 0.29) is 12.5 Å². The Kier molecular flexibility index (Phi) is 6.74. The van der Waals surface area contributed by atoms with Crippen LogP contribution in [-0.4, -0.2) is 38.0 Å². The standard InChI is InChI=1S/C17H26N4O/c1-2-18-17(20-12-15-8-9-15)21-13-16(22)19-11-10-14-6-4-3-5-7-14/h3-7,15H,2,8-13H2,1H3,(H,19,22)(H2,18,20,21). The van der Waals surface area contributed by atoms with Gasteiger partial charge in [0.2, 0.25) is 5.91 Å². The molecule has 0 bridgehead atoms. The third-order valence-corrected chi connectivity index (χ3v) is 3.56. The van der Waals surface area contributed by atoms with E-state index in [1.807, 2.05) is 25.1 Å². The second-order valence-corrected chi connectivity index (χ2v) is 5.60. The maximum Gasteiger partial charge on any atom is 0.241 e. The molecule has 1 aliphatic rings. The highest BCUT2D eigenvalue weighted by molar-refractivity contribution is 5.84. The Bertz CT molecular complexity index is 483. The zero-order chi connectivity index (χ0) is 15.6. The van der Waals surface area contributed by atoms with Gasteiger partial charge in [-0.25, -0.2) is 4.99 Å². The van der Waals surface area contributed by atoms with Crippen molar-refractivity contribution in [2.75, 3.05) is 26.2 Å². The number of aliphatic imine (C=N–C) groups is 1. The maximum absolute atomic E-state index is 11.8. The molecule has 2 rings (SSSR count). The minimum atomic E-state index is -0.0421. The van der Waals surface area contributed by atoms with Crippen LogP contribution in [0.25, 0.3) is 0 Å². The second kappa shape index (κ2) is 9.07. The number of carbonyl (C=O) groups excluding carboxylic acids is 1. The first-order chi connectivity index (χ1) is 10.8. The highest BCUT2D eigenvalue weighted by Crippen LogP contribution is 2.27. The monoisotopic (exact) mass is 302 g/mol. The Morgan fingerprint density at radius 2 is 1.95 bits per heavy atom. The number of nitrogens with zero attached hydrogens (tertiary/aromatic N) is 1. The van der Waals surface area contributed by atoms with Crippen LogP contribution in [0, 0.1) is 5.92 Å². The van der Waals surface area contributed by atoms with Crippen molar-refractivity contribution in [1.29, 1.82) is 0 Å².